The molecule has 4 nitrogen and oxygen atoms in total. The van der Waals surface area contributed by atoms with Crippen molar-refractivity contribution in [3.8, 4) is 0 Å². The number of unbranched alkanes of at least 4 members (excludes halogenated alkanes) is 3. The van der Waals surface area contributed by atoms with Gasteiger partial charge in [0.05, 0.1) is 6.10 Å². The second-order valence-corrected chi connectivity index (χ2v) is 5.05. The van der Waals surface area contributed by atoms with Crippen LogP contribution < -0.4 is 0 Å². The molecule has 0 fully saturated rings. The zero-order valence-corrected chi connectivity index (χ0v) is 12.7. The van der Waals surface area contributed by atoms with Crippen LogP contribution >= 0.6 is 0 Å². The van der Waals surface area contributed by atoms with E-state index in [1.54, 1.807) is 0 Å². The average Bonchev–Trinajstić information content (AvgIpc) is 2.30. The van der Waals surface area contributed by atoms with E-state index in [1.807, 2.05) is 13.8 Å². The molecule has 0 aromatic heterocycles. The van der Waals surface area contributed by atoms with Gasteiger partial charge in [-0.05, 0) is 39.0 Å². The highest BCUT2D eigenvalue weighted by atomic mass is 16.5. The van der Waals surface area contributed by atoms with Crippen molar-refractivity contribution < 1.29 is 19.1 Å². The van der Waals surface area contributed by atoms with E-state index in [-0.39, 0.29) is 24.1 Å². The Morgan fingerprint density at radius 1 is 0.895 bits per heavy atom. The van der Waals surface area contributed by atoms with E-state index in [0.717, 1.165) is 44.9 Å². The predicted molar refractivity (Wildman–Crippen MR) is 74.8 cm³/mol. The van der Waals surface area contributed by atoms with E-state index in [4.69, 9.17) is 9.47 Å². The van der Waals surface area contributed by atoms with Gasteiger partial charge < -0.3 is 9.47 Å². The molecule has 2 atom stereocenters. The minimum Gasteiger partial charge on any atom is -0.463 e. The molecule has 19 heavy (non-hydrogen) atoms. The van der Waals surface area contributed by atoms with Gasteiger partial charge in [0, 0.05) is 13.8 Å². The summed E-state index contributed by atoms with van der Waals surface area (Å²) in [6.07, 6.45) is 7.22. The van der Waals surface area contributed by atoms with Crippen molar-refractivity contribution in [3.63, 3.8) is 0 Å². The van der Waals surface area contributed by atoms with Gasteiger partial charge in [-0.15, -0.1) is 0 Å². The molecule has 0 aromatic rings. The first-order valence-electron chi connectivity index (χ1n) is 7.30. The number of hydrogen-bond acceptors (Lipinski definition) is 4. The molecule has 0 saturated heterocycles. The van der Waals surface area contributed by atoms with Gasteiger partial charge >= 0.3 is 11.9 Å². The second kappa shape index (κ2) is 10.8. The lowest BCUT2D eigenvalue weighted by Gasteiger charge is -2.15. The minimum absolute atomic E-state index is 0.0157. The molecule has 112 valence electrons. The molecule has 2 unspecified atom stereocenters. The van der Waals surface area contributed by atoms with Crippen molar-refractivity contribution in [1.82, 2.24) is 0 Å². The largest absolute Gasteiger partial charge is 0.463 e. The van der Waals surface area contributed by atoms with Crippen molar-refractivity contribution in [3.05, 3.63) is 0 Å². The lowest BCUT2D eigenvalue weighted by atomic mass is 10.1. The first-order chi connectivity index (χ1) is 8.95. The standard InChI is InChI=1S/C15H28O4/c1-5-15(19-14(4)17)11-9-7-6-8-10-12(2)18-13(3)16/h12,15H,5-11H2,1-4H3. The zero-order valence-electron chi connectivity index (χ0n) is 12.7. The SMILES string of the molecule is CCC(CCCCCCC(C)OC(C)=O)OC(C)=O. The average molecular weight is 272 g/mol. The highest BCUT2D eigenvalue weighted by molar-refractivity contribution is 5.66. The number of esters is 2. The Morgan fingerprint density at radius 2 is 1.42 bits per heavy atom. The lowest BCUT2D eigenvalue weighted by Crippen LogP contribution is -2.15. The van der Waals surface area contributed by atoms with E-state index in [2.05, 4.69) is 0 Å². The van der Waals surface area contributed by atoms with Crippen LogP contribution in [0.15, 0.2) is 0 Å². The summed E-state index contributed by atoms with van der Waals surface area (Å²) in [5.74, 6) is -0.401. The van der Waals surface area contributed by atoms with Crippen LogP contribution in [0.3, 0.4) is 0 Å². The third kappa shape index (κ3) is 11.7. The zero-order chi connectivity index (χ0) is 14.7. The lowest BCUT2D eigenvalue weighted by molar-refractivity contribution is -0.147. The topological polar surface area (TPSA) is 52.6 Å². The van der Waals surface area contributed by atoms with E-state index in [0.29, 0.717) is 0 Å². The van der Waals surface area contributed by atoms with Crippen molar-refractivity contribution in [2.45, 2.75) is 84.8 Å². The Balaban J connectivity index is 3.48. The maximum atomic E-state index is 10.8. The number of ether oxygens (including phenoxy) is 2. The van der Waals surface area contributed by atoms with Crippen LogP contribution in [0.4, 0.5) is 0 Å². The van der Waals surface area contributed by atoms with E-state index in [9.17, 15) is 9.59 Å². The molecule has 0 spiro atoms. The van der Waals surface area contributed by atoms with Gasteiger partial charge in [-0.2, -0.15) is 0 Å². The fraction of sp³-hybridized carbons (Fsp3) is 0.867. The van der Waals surface area contributed by atoms with Gasteiger partial charge in [-0.1, -0.05) is 19.8 Å². The monoisotopic (exact) mass is 272 g/mol. The highest BCUT2D eigenvalue weighted by Gasteiger charge is 2.09. The molecule has 0 saturated carbocycles. The van der Waals surface area contributed by atoms with Crippen LogP contribution in [-0.4, -0.2) is 24.1 Å². The number of rotatable bonds is 10. The fourth-order valence-electron chi connectivity index (χ4n) is 2.08. The van der Waals surface area contributed by atoms with Crippen molar-refractivity contribution in [2.75, 3.05) is 0 Å². The van der Waals surface area contributed by atoms with Gasteiger partial charge in [0.25, 0.3) is 0 Å². The summed E-state index contributed by atoms with van der Waals surface area (Å²) in [5.41, 5.74) is 0. The quantitative estimate of drug-likeness (QED) is 0.450. The maximum absolute atomic E-state index is 10.8. The van der Waals surface area contributed by atoms with Gasteiger partial charge in [0.15, 0.2) is 0 Å². The third-order valence-corrected chi connectivity index (χ3v) is 3.04. The molecule has 0 aliphatic rings. The van der Waals surface area contributed by atoms with Crippen LogP contribution in [-0.2, 0) is 19.1 Å². The molecule has 0 aliphatic carbocycles. The summed E-state index contributed by atoms with van der Waals surface area (Å²) < 4.78 is 10.3. The summed E-state index contributed by atoms with van der Waals surface area (Å²) in [5, 5.41) is 0. The maximum Gasteiger partial charge on any atom is 0.302 e. The number of hydrogen-bond donors (Lipinski definition) is 0. The molecule has 0 N–H and O–H groups in total. The van der Waals surface area contributed by atoms with Gasteiger partial charge in [-0.3, -0.25) is 9.59 Å². The van der Waals surface area contributed by atoms with E-state index >= 15 is 0 Å². The predicted octanol–water partition coefficient (Wildman–Crippen LogP) is 3.62. The molecular weight excluding hydrogens is 244 g/mol. The smallest absolute Gasteiger partial charge is 0.302 e. The first-order valence-corrected chi connectivity index (χ1v) is 7.30. The van der Waals surface area contributed by atoms with Crippen LogP contribution in [0.1, 0.15) is 72.6 Å². The molecule has 0 aliphatic heterocycles. The highest BCUT2D eigenvalue weighted by Crippen LogP contribution is 2.13. The molecule has 0 heterocycles. The van der Waals surface area contributed by atoms with Crippen LogP contribution in [0.25, 0.3) is 0 Å². The molecule has 0 bridgehead atoms. The molecule has 0 amide bonds. The summed E-state index contributed by atoms with van der Waals surface area (Å²) in [6, 6.07) is 0. The van der Waals surface area contributed by atoms with Crippen molar-refractivity contribution in [2.24, 2.45) is 0 Å². The summed E-state index contributed by atoms with van der Waals surface area (Å²) in [7, 11) is 0. The molecule has 4 heteroatoms. The first kappa shape index (κ1) is 17.9. The van der Waals surface area contributed by atoms with Gasteiger partial charge in [0.1, 0.15) is 6.10 Å². The normalized spacial score (nSPS) is 13.7. The Bertz CT molecular complexity index is 263. The van der Waals surface area contributed by atoms with Crippen molar-refractivity contribution >= 4 is 11.9 Å². The van der Waals surface area contributed by atoms with Crippen LogP contribution in [0.5, 0.6) is 0 Å². The minimum atomic E-state index is -0.209. The van der Waals surface area contributed by atoms with E-state index < -0.39 is 0 Å². The Morgan fingerprint density at radius 3 is 1.89 bits per heavy atom. The van der Waals surface area contributed by atoms with Crippen LogP contribution in [0, 0.1) is 0 Å². The number of carbonyl (C=O) groups is 2. The third-order valence-electron chi connectivity index (χ3n) is 3.04. The fourth-order valence-corrected chi connectivity index (χ4v) is 2.08. The summed E-state index contributed by atoms with van der Waals surface area (Å²) in [4.78, 5) is 21.6. The molecular formula is C15H28O4. The molecule has 0 radical (unpaired) electrons. The Labute approximate surface area is 116 Å². The van der Waals surface area contributed by atoms with E-state index in [1.165, 1.54) is 13.8 Å². The number of carbonyl (C=O) groups excluding carboxylic acids is 2. The van der Waals surface area contributed by atoms with Crippen molar-refractivity contribution in [1.29, 1.82) is 0 Å². The summed E-state index contributed by atoms with van der Waals surface area (Å²) >= 11 is 0. The Kier molecular flexibility index (Phi) is 10.2. The molecule has 0 rings (SSSR count). The molecule has 0 aromatic carbocycles. The summed E-state index contributed by atoms with van der Waals surface area (Å²) in [6.45, 7) is 6.86. The Hall–Kier alpha value is -1.06. The second-order valence-electron chi connectivity index (χ2n) is 5.05. The van der Waals surface area contributed by atoms with Gasteiger partial charge in [0.2, 0.25) is 0 Å². The van der Waals surface area contributed by atoms with Gasteiger partial charge in [-0.25, -0.2) is 0 Å². The van der Waals surface area contributed by atoms with Crippen LogP contribution in [0.2, 0.25) is 0 Å².